The summed E-state index contributed by atoms with van der Waals surface area (Å²) in [5, 5.41) is 4.54. The van der Waals surface area contributed by atoms with Gasteiger partial charge in [0, 0.05) is 11.1 Å². The van der Waals surface area contributed by atoms with Crippen LogP contribution in [0.5, 0.6) is 5.75 Å². The second kappa shape index (κ2) is 5.96. The summed E-state index contributed by atoms with van der Waals surface area (Å²) in [5.74, 6) is 0.367. The highest BCUT2D eigenvalue weighted by molar-refractivity contribution is 5.92. The number of amides is 1. The molecule has 0 saturated carbocycles. The first-order valence-corrected chi connectivity index (χ1v) is 7.20. The number of rotatable bonds is 4. The van der Waals surface area contributed by atoms with Gasteiger partial charge in [0.2, 0.25) is 5.91 Å². The van der Waals surface area contributed by atoms with Crippen LogP contribution in [-0.2, 0) is 0 Å². The Morgan fingerprint density at radius 3 is 2.30 bits per heavy atom. The molecule has 0 aliphatic heterocycles. The number of ether oxygens (including phenoxy) is 1. The number of carbonyl (C=O) groups excluding carboxylic acids is 1. The van der Waals surface area contributed by atoms with Gasteiger partial charge in [0.25, 0.3) is 0 Å². The Morgan fingerprint density at radius 1 is 1.09 bits per heavy atom. The highest BCUT2D eigenvalue weighted by atomic mass is 16.5. The number of carbonyl (C=O) groups is 1. The number of benzene rings is 2. The third-order valence-electron chi connectivity index (χ3n) is 3.61. The largest absolute Gasteiger partial charge is 0.497 e. The quantitative estimate of drug-likeness (QED) is 0.805. The molecule has 3 aromatic rings. The van der Waals surface area contributed by atoms with Gasteiger partial charge >= 0.3 is 0 Å². The summed E-state index contributed by atoms with van der Waals surface area (Å²) in [6.45, 7) is 1.95. The average Bonchev–Trinajstić information content (AvgIpc) is 2.97. The van der Waals surface area contributed by atoms with Crippen molar-refractivity contribution in [3.8, 4) is 22.7 Å². The van der Waals surface area contributed by atoms with Gasteiger partial charge in [0.1, 0.15) is 5.75 Å². The van der Waals surface area contributed by atoms with Gasteiger partial charge in [-0.3, -0.25) is 4.79 Å². The van der Waals surface area contributed by atoms with E-state index >= 15 is 0 Å². The maximum atomic E-state index is 11.2. The zero-order valence-electron chi connectivity index (χ0n) is 13.0. The monoisotopic (exact) mass is 307 g/mol. The van der Waals surface area contributed by atoms with E-state index in [-0.39, 0.29) is 0 Å². The number of nitrogens with zero attached hydrogens (tertiary/aromatic N) is 2. The Bertz CT molecular complexity index is 834. The fourth-order valence-electron chi connectivity index (χ4n) is 2.43. The van der Waals surface area contributed by atoms with Crippen molar-refractivity contribution < 1.29 is 9.53 Å². The molecule has 1 aromatic heterocycles. The number of aromatic nitrogens is 2. The Kier molecular flexibility index (Phi) is 3.85. The van der Waals surface area contributed by atoms with E-state index in [9.17, 15) is 4.79 Å². The number of nitrogens with two attached hydrogens (primary N) is 1. The molecule has 0 bridgehead atoms. The van der Waals surface area contributed by atoms with Crippen LogP contribution in [0.3, 0.4) is 0 Å². The highest BCUT2D eigenvalue weighted by Gasteiger charge is 2.10. The minimum absolute atomic E-state index is 0.441. The Balaban J connectivity index is 2.04. The van der Waals surface area contributed by atoms with E-state index in [1.54, 1.807) is 19.2 Å². The fraction of sp³-hybridized carbons (Fsp3) is 0.111. The van der Waals surface area contributed by atoms with E-state index in [4.69, 9.17) is 10.5 Å². The van der Waals surface area contributed by atoms with Crippen molar-refractivity contribution in [1.82, 2.24) is 9.78 Å². The summed E-state index contributed by atoms with van der Waals surface area (Å²) >= 11 is 0. The van der Waals surface area contributed by atoms with E-state index in [2.05, 4.69) is 5.10 Å². The summed E-state index contributed by atoms with van der Waals surface area (Å²) in [4.78, 5) is 11.2. The average molecular weight is 307 g/mol. The number of hydrogen-bond acceptors (Lipinski definition) is 3. The molecule has 0 fully saturated rings. The summed E-state index contributed by atoms with van der Waals surface area (Å²) in [5.41, 5.74) is 9.54. The van der Waals surface area contributed by atoms with Gasteiger partial charge in [-0.05, 0) is 61.5 Å². The van der Waals surface area contributed by atoms with Crippen LogP contribution < -0.4 is 10.5 Å². The third-order valence-corrected chi connectivity index (χ3v) is 3.61. The third kappa shape index (κ3) is 2.94. The van der Waals surface area contributed by atoms with Crippen LogP contribution in [0.25, 0.3) is 16.9 Å². The van der Waals surface area contributed by atoms with Gasteiger partial charge in [-0.2, -0.15) is 5.10 Å². The molecular weight excluding hydrogens is 290 g/mol. The van der Waals surface area contributed by atoms with Gasteiger partial charge in [-0.1, -0.05) is 0 Å². The second-order valence-electron chi connectivity index (χ2n) is 5.22. The molecule has 3 rings (SSSR count). The van der Waals surface area contributed by atoms with Crippen molar-refractivity contribution in [2.45, 2.75) is 6.92 Å². The Labute approximate surface area is 134 Å². The van der Waals surface area contributed by atoms with Crippen molar-refractivity contribution in [1.29, 1.82) is 0 Å². The summed E-state index contributed by atoms with van der Waals surface area (Å²) in [6.07, 6.45) is 0. The van der Waals surface area contributed by atoms with Crippen molar-refractivity contribution in [3.63, 3.8) is 0 Å². The fourth-order valence-corrected chi connectivity index (χ4v) is 2.43. The molecule has 0 aliphatic rings. The molecule has 0 aliphatic carbocycles. The molecule has 5 heteroatoms. The van der Waals surface area contributed by atoms with Crippen LogP contribution >= 0.6 is 0 Å². The number of hydrogen-bond donors (Lipinski definition) is 1. The number of aryl methyl sites for hydroxylation is 1. The van der Waals surface area contributed by atoms with Gasteiger partial charge in [0.15, 0.2) is 0 Å². The number of primary amides is 1. The van der Waals surface area contributed by atoms with Crippen molar-refractivity contribution in [2.75, 3.05) is 7.11 Å². The smallest absolute Gasteiger partial charge is 0.248 e. The summed E-state index contributed by atoms with van der Waals surface area (Å²) < 4.78 is 7.04. The lowest BCUT2D eigenvalue weighted by Crippen LogP contribution is -2.10. The van der Waals surface area contributed by atoms with Crippen molar-refractivity contribution in [2.24, 2.45) is 5.73 Å². The summed E-state index contributed by atoms with van der Waals surface area (Å²) in [6, 6.07) is 16.9. The molecule has 0 spiro atoms. The molecule has 0 atom stereocenters. The van der Waals surface area contributed by atoms with E-state index in [1.807, 2.05) is 54.1 Å². The van der Waals surface area contributed by atoms with Crippen LogP contribution in [0.15, 0.2) is 54.6 Å². The van der Waals surface area contributed by atoms with Crippen LogP contribution in [-0.4, -0.2) is 22.8 Å². The zero-order chi connectivity index (χ0) is 16.4. The van der Waals surface area contributed by atoms with Gasteiger partial charge < -0.3 is 10.5 Å². The molecular formula is C18H17N3O2. The molecule has 2 aromatic carbocycles. The second-order valence-corrected chi connectivity index (χ2v) is 5.22. The molecule has 5 nitrogen and oxygen atoms in total. The molecule has 0 radical (unpaired) electrons. The highest BCUT2D eigenvalue weighted by Crippen LogP contribution is 2.26. The first kappa shape index (κ1) is 14.8. The van der Waals surface area contributed by atoms with Gasteiger partial charge in [-0.15, -0.1) is 0 Å². The first-order valence-electron chi connectivity index (χ1n) is 7.20. The lowest BCUT2D eigenvalue weighted by Gasteiger charge is -2.09. The lowest BCUT2D eigenvalue weighted by molar-refractivity contribution is 0.100. The van der Waals surface area contributed by atoms with Crippen LogP contribution in [0.2, 0.25) is 0 Å². The zero-order valence-corrected chi connectivity index (χ0v) is 13.0. The van der Waals surface area contributed by atoms with E-state index in [1.165, 1.54) is 0 Å². The van der Waals surface area contributed by atoms with Crippen molar-refractivity contribution in [3.05, 3.63) is 65.9 Å². The Hall–Kier alpha value is -3.08. The minimum atomic E-state index is -0.441. The normalized spacial score (nSPS) is 10.5. The van der Waals surface area contributed by atoms with E-state index < -0.39 is 5.91 Å². The SMILES string of the molecule is COc1ccc(-c2cc(C)nn2-c2ccc(C(N)=O)cc2)cc1. The summed E-state index contributed by atoms with van der Waals surface area (Å²) in [7, 11) is 1.64. The van der Waals surface area contributed by atoms with Gasteiger partial charge in [0.05, 0.1) is 24.2 Å². The molecule has 0 unspecified atom stereocenters. The maximum absolute atomic E-state index is 11.2. The van der Waals surface area contributed by atoms with E-state index in [0.717, 1.165) is 28.4 Å². The lowest BCUT2D eigenvalue weighted by atomic mass is 10.1. The maximum Gasteiger partial charge on any atom is 0.248 e. The topological polar surface area (TPSA) is 70.1 Å². The molecule has 0 saturated heterocycles. The number of methoxy groups -OCH3 is 1. The van der Waals surface area contributed by atoms with Crippen LogP contribution in [0.1, 0.15) is 16.1 Å². The predicted molar refractivity (Wildman–Crippen MR) is 88.8 cm³/mol. The minimum Gasteiger partial charge on any atom is -0.497 e. The molecule has 23 heavy (non-hydrogen) atoms. The van der Waals surface area contributed by atoms with Crippen molar-refractivity contribution >= 4 is 5.91 Å². The molecule has 1 amide bonds. The van der Waals surface area contributed by atoms with Gasteiger partial charge in [-0.25, -0.2) is 4.68 Å². The Morgan fingerprint density at radius 2 is 1.74 bits per heavy atom. The first-order chi connectivity index (χ1) is 11.1. The predicted octanol–water partition coefficient (Wildman–Crippen LogP) is 2.96. The van der Waals surface area contributed by atoms with Crippen LogP contribution in [0.4, 0.5) is 0 Å². The molecule has 1 heterocycles. The molecule has 116 valence electrons. The molecule has 2 N–H and O–H groups in total. The van der Waals surface area contributed by atoms with E-state index in [0.29, 0.717) is 5.56 Å². The standard InChI is InChI=1S/C18H17N3O2/c1-12-11-17(13-5-9-16(23-2)10-6-13)21(20-12)15-7-3-14(4-8-15)18(19)22/h3-11H,1-2H3,(H2,19,22). The van der Waals surface area contributed by atoms with Crippen LogP contribution in [0, 0.1) is 6.92 Å².